The summed E-state index contributed by atoms with van der Waals surface area (Å²) >= 11 is 0. The fourth-order valence-corrected chi connectivity index (χ4v) is 4.48. The Kier molecular flexibility index (Phi) is 7.21. The molecule has 10 nitrogen and oxygen atoms in total. The van der Waals surface area contributed by atoms with Gasteiger partial charge in [-0.05, 0) is 11.1 Å². The van der Waals surface area contributed by atoms with Gasteiger partial charge in [0.05, 0.1) is 32.8 Å². The van der Waals surface area contributed by atoms with Gasteiger partial charge in [-0.2, -0.15) is 0 Å². The average molecular weight is 492 g/mol. The van der Waals surface area contributed by atoms with Crippen LogP contribution >= 0.6 is 0 Å². The lowest BCUT2D eigenvalue weighted by Gasteiger charge is -2.34. The Labute approximate surface area is 208 Å². The number of rotatable bonds is 10. The highest BCUT2D eigenvalue weighted by Gasteiger charge is 2.58. The molecule has 1 aliphatic heterocycles. The van der Waals surface area contributed by atoms with Crippen LogP contribution in [-0.2, 0) is 27.4 Å². The summed E-state index contributed by atoms with van der Waals surface area (Å²) in [4.78, 5) is 12.9. The molecule has 0 bridgehead atoms. The summed E-state index contributed by atoms with van der Waals surface area (Å²) in [5, 5.41) is 25.1. The minimum Gasteiger partial charge on any atom is -0.393 e. The van der Waals surface area contributed by atoms with E-state index < -0.39 is 30.6 Å². The molecule has 0 radical (unpaired) electrons. The number of aromatic nitrogens is 4. The van der Waals surface area contributed by atoms with Gasteiger partial charge in [-0.3, -0.25) is 4.57 Å². The minimum absolute atomic E-state index is 0.0984. The number of benzene rings is 2. The number of nitrogens with one attached hydrogen (secondary N) is 1. The molecule has 5 rings (SSSR count). The number of anilines is 1. The second-order valence-corrected chi connectivity index (χ2v) is 8.64. The van der Waals surface area contributed by atoms with Crippen LogP contribution in [0.1, 0.15) is 17.4 Å². The first-order chi connectivity index (χ1) is 17.7. The molecule has 4 aromatic rings. The second kappa shape index (κ2) is 10.7. The Hall–Kier alpha value is -3.41. The Morgan fingerprint density at radius 1 is 1.00 bits per heavy atom. The third-order valence-electron chi connectivity index (χ3n) is 6.47. The Morgan fingerprint density at radius 2 is 1.69 bits per heavy atom. The molecule has 10 heteroatoms. The van der Waals surface area contributed by atoms with Crippen LogP contribution in [0.25, 0.3) is 11.2 Å². The first kappa shape index (κ1) is 24.3. The van der Waals surface area contributed by atoms with Crippen LogP contribution in [0.4, 0.5) is 5.82 Å². The van der Waals surface area contributed by atoms with Crippen LogP contribution in [0.3, 0.4) is 0 Å². The van der Waals surface area contributed by atoms with Gasteiger partial charge in [0.25, 0.3) is 0 Å². The summed E-state index contributed by atoms with van der Waals surface area (Å²) in [6.45, 7) is 0.163. The molecule has 0 spiro atoms. The van der Waals surface area contributed by atoms with Crippen LogP contribution in [-0.4, -0.2) is 67.8 Å². The molecule has 4 unspecified atom stereocenters. The van der Waals surface area contributed by atoms with E-state index in [2.05, 4.69) is 20.3 Å². The monoisotopic (exact) mass is 491 g/mol. The van der Waals surface area contributed by atoms with Gasteiger partial charge in [0, 0.05) is 7.05 Å². The maximum absolute atomic E-state index is 11.5. The van der Waals surface area contributed by atoms with Crippen molar-refractivity contribution in [3.05, 3.63) is 84.4 Å². The molecule has 4 atom stereocenters. The van der Waals surface area contributed by atoms with Crippen molar-refractivity contribution in [2.24, 2.45) is 0 Å². The van der Waals surface area contributed by atoms with Crippen molar-refractivity contribution in [2.75, 3.05) is 25.6 Å². The Balaban J connectivity index is 1.43. The SMILES string of the molecule is CNc1ncnc2c1ncn2C1OC(COCc2ccccc2)C(CO)(OCc2ccccc2)C1O. The highest BCUT2D eigenvalue weighted by atomic mass is 16.6. The van der Waals surface area contributed by atoms with E-state index in [0.29, 0.717) is 23.6 Å². The number of aliphatic hydroxyl groups is 2. The molecule has 3 heterocycles. The lowest BCUT2D eigenvalue weighted by molar-refractivity contribution is -0.171. The zero-order chi connectivity index (χ0) is 25.0. The topological polar surface area (TPSA) is 124 Å². The van der Waals surface area contributed by atoms with E-state index in [1.54, 1.807) is 17.9 Å². The van der Waals surface area contributed by atoms with Crippen molar-refractivity contribution in [2.45, 2.75) is 37.3 Å². The number of ether oxygens (including phenoxy) is 3. The molecule has 1 aliphatic rings. The number of fused-ring (bicyclic) bond motifs is 1. The molecule has 1 saturated heterocycles. The summed E-state index contributed by atoms with van der Waals surface area (Å²) < 4.78 is 20.2. The molecule has 2 aromatic carbocycles. The van der Waals surface area contributed by atoms with Gasteiger partial charge in [-0.15, -0.1) is 0 Å². The zero-order valence-corrected chi connectivity index (χ0v) is 19.9. The van der Waals surface area contributed by atoms with Gasteiger partial charge in [-0.25, -0.2) is 15.0 Å². The van der Waals surface area contributed by atoms with Crippen molar-refractivity contribution in [1.29, 1.82) is 0 Å². The fourth-order valence-electron chi connectivity index (χ4n) is 4.48. The van der Waals surface area contributed by atoms with E-state index in [4.69, 9.17) is 14.2 Å². The van der Waals surface area contributed by atoms with Crippen molar-refractivity contribution >= 4 is 17.0 Å². The first-order valence-corrected chi connectivity index (χ1v) is 11.8. The summed E-state index contributed by atoms with van der Waals surface area (Å²) in [5.74, 6) is 0.558. The Morgan fingerprint density at radius 3 is 2.36 bits per heavy atom. The number of aliphatic hydroxyl groups excluding tert-OH is 2. The molecular formula is C26H29N5O5. The quantitative estimate of drug-likeness (QED) is 0.306. The molecular weight excluding hydrogens is 462 g/mol. The van der Waals surface area contributed by atoms with Crippen molar-refractivity contribution in [3.8, 4) is 0 Å². The first-order valence-electron chi connectivity index (χ1n) is 11.8. The molecule has 0 aliphatic carbocycles. The molecule has 0 saturated carbocycles. The zero-order valence-electron chi connectivity index (χ0n) is 19.9. The molecule has 0 amide bonds. The van der Waals surface area contributed by atoms with Crippen molar-refractivity contribution in [3.63, 3.8) is 0 Å². The predicted molar refractivity (Wildman–Crippen MR) is 132 cm³/mol. The van der Waals surface area contributed by atoms with E-state index in [1.165, 1.54) is 6.33 Å². The Bertz CT molecular complexity index is 1270. The van der Waals surface area contributed by atoms with Crippen LogP contribution in [0.2, 0.25) is 0 Å². The van der Waals surface area contributed by atoms with Crippen molar-refractivity contribution in [1.82, 2.24) is 19.5 Å². The standard InChI is InChI=1S/C26H29N5O5/c1-27-23-21-24(29-16-28-23)31(17-30-21)25-22(33)26(15-32,35-13-19-10-6-3-7-11-19)20(36-25)14-34-12-18-8-4-2-5-9-18/h2-11,16-17,20,22,25,32-33H,12-15H2,1H3,(H,27,28,29). The van der Waals surface area contributed by atoms with E-state index in [9.17, 15) is 10.2 Å². The van der Waals surface area contributed by atoms with E-state index in [1.807, 2.05) is 60.7 Å². The van der Waals surface area contributed by atoms with Gasteiger partial charge < -0.3 is 29.7 Å². The van der Waals surface area contributed by atoms with Gasteiger partial charge in [0.15, 0.2) is 17.7 Å². The van der Waals surface area contributed by atoms with Crippen LogP contribution < -0.4 is 5.32 Å². The normalized spacial score (nSPS) is 23.8. The maximum atomic E-state index is 11.5. The predicted octanol–water partition coefficient (Wildman–Crippen LogP) is 2.29. The summed E-state index contributed by atoms with van der Waals surface area (Å²) in [7, 11) is 1.75. The molecule has 188 valence electrons. The third-order valence-corrected chi connectivity index (χ3v) is 6.47. The summed E-state index contributed by atoms with van der Waals surface area (Å²) in [6, 6.07) is 19.3. The molecule has 1 fully saturated rings. The minimum atomic E-state index is -1.44. The molecule has 36 heavy (non-hydrogen) atoms. The van der Waals surface area contributed by atoms with Gasteiger partial charge in [0.1, 0.15) is 29.7 Å². The molecule has 2 aromatic heterocycles. The number of hydrogen-bond acceptors (Lipinski definition) is 9. The number of hydrogen-bond donors (Lipinski definition) is 3. The highest BCUT2D eigenvalue weighted by Crippen LogP contribution is 2.41. The third kappa shape index (κ3) is 4.57. The fraction of sp³-hybridized carbons (Fsp3) is 0.346. The van der Waals surface area contributed by atoms with Crippen LogP contribution in [0, 0.1) is 0 Å². The number of imidazole rings is 1. The average Bonchev–Trinajstić information content (AvgIpc) is 3.47. The van der Waals surface area contributed by atoms with Crippen LogP contribution in [0.5, 0.6) is 0 Å². The number of nitrogens with zero attached hydrogens (tertiary/aromatic N) is 4. The maximum Gasteiger partial charge on any atom is 0.167 e. The van der Waals surface area contributed by atoms with Crippen LogP contribution in [0.15, 0.2) is 73.3 Å². The van der Waals surface area contributed by atoms with E-state index in [0.717, 1.165) is 11.1 Å². The van der Waals surface area contributed by atoms with Gasteiger partial charge in [0.2, 0.25) is 0 Å². The van der Waals surface area contributed by atoms with Crippen molar-refractivity contribution < 1.29 is 24.4 Å². The van der Waals surface area contributed by atoms with Gasteiger partial charge >= 0.3 is 0 Å². The summed E-state index contributed by atoms with van der Waals surface area (Å²) in [5.41, 5.74) is 1.50. The molecule has 3 N–H and O–H groups in total. The highest BCUT2D eigenvalue weighted by molar-refractivity contribution is 5.82. The van der Waals surface area contributed by atoms with Gasteiger partial charge in [-0.1, -0.05) is 60.7 Å². The lowest BCUT2D eigenvalue weighted by Crippen LogP contribution is -2.54. The second-order valence-electron chi connectivity index (χ2n) is 8.64. The smallest absolute Gasteiger partial charge is 0.167 e. The van der Waals surface area contributed by atoms with E-state index >= 15 is 0 Å². The largest absolute Gasteiger partial charge is 0.393 e. The lowest BCUT2D eigenvalue weighted by atomic mass is 9.92. The van der Waals surface area contributed by atoms with E-state index in [-0.39, 0.29) is 13.2 Å². The summed E-state index contributed by atoms with van der Waals surface area (Å²) in [6.07, 6.45) is 0.0442.